The molecule has 0 saturated carbocycles. The van der Waals surface area contributed by atoms with Gasteiger partial charge in [0.25, 0.3) is 0 Å². The topological polar surface area (TPSA) is 0 Å². The monoisotopic (exact) mass is 292 g/mol. The van der Waals surface area contributed by atoms with Gasteiger partial charge in [0.15, 0.2) is 0 Å². The first kappa shape index (κ1) is 12.7. The van der Waals surface area contributed by atoms with E-state index in [0.29, 0.717) is 0 Å². The van der Waals surface area contributed by atoms with E-state index in [9.17, 15) is 0 Å². The lowest BCUT2D eigenvalue weighted by molar-refractivity contribution is 1.20. The average molecular weight is 292 g/mol. The van der Waals surface area contributed by atoms with Crippen LogP contribution in [0, 0.1) is 0 Å². The second-order valence-corrected chi connectivity index (χ2v) is 6.20. The minimum absolute atomic E-state index is 1.01. The third kappa shape index (κ3) is 1.85. The average Bonchev–Trinajstić information content (AvgIpc) is 2.63. The van der Waals surface area contributed by atoms with Crippen molar-refractivity contribution in [1.29, 1.82) is 0 Å². The maximum atomic E-state index is 2.28. The van der Waals surface area contributed by atoms with Gasteiger partial charge in [-0.25, -0.2) is 0 Å². The van der Waals surface area contributed by atoms with Crippen molar-refractivity contribution in [3.05, 3.63) is 96.1 Å². The summed E-state index contributed by atoms with van der Waals surface area (Å²) in [7, 11) is 0. The molecular weight excluding hydrogens is 276 g/mol. The molecule has 0 heterocycles. The summed E-state index contributed by atoms with van der Waals surface area (Å²) < 4.78 is 0. The highest BCUT2D eigenvalue weighted by atomic mass is 14.2. The maximum Gasteiger partial charge on any atom is -0.000706 e. The fourth-order valence-electron chi connectivity index (χ4n) is 3.88. The zero-order valence-electron chi connectivity index (χ0n) is 12.8. The van der Waals surface area contributed by atoms with Crippen LogP contribution in [0.25, 0.3) is 33.0 Å². The highest BCUT2D eigenvalue weighted by Gasteiger charge is 2.20. The van der Waals surface area contributed by atoms with Gasteiger partial charge in [0.05, 0.1) is 0 Å². The van der Waals surface area contributed by atoms with Gasteiger partial charge in [-0.3, -0.25) is 0 Å². The zero-order chi connectivity index (χ0) is 15.2. The van der Waals surface area contributed by atoms with Crippen LogP contribution in [0.5, 0.6) is 0 Å². The second-order valence-electron chi connectivity index (χ2n) is 6.20. The molecule has 108 valence electrons. The van der Waals surface area contributed by atoms with Gasteiger partial charge in [-0.05, 0) is 50.6 Å². The van der Waals surface area contributed by atoms with Crippen molar-refractivity contribution in [2.24, 2.45) is 0 Å². The number of hydrogen-bond acceptors (Lipinski definition) is 0. The van der Waals surface area contributed by atoms with Crippen LogP contribution in [0.1, 0.15) is 11.1 Å². The van der Waals surface area contributed by atoms with E-state index in [-0.39, 0.29) is 0 Å². The number of fused-ring (bicyclic) bond motifs is 2. The molecule has 0 atom stereocenters. The Balaban J connectivity index is 1.90. The highest BCUT2D eigenvalue weighted by Crippen LogP contribution is 2.42. The van der Waals surface area contributed by atoms with E-state index < -0.39 is 0 Å². The third-order valence-corrected chi connectivity index (χ3v) is 4.91. The molecule has 0 unspecified atom stereocenters. The molecule has 4 aromatic carbocycles. The first-order valence-electron chi connectivity index (χ1n) is 8.10. The van der Waals surface area contributed by atoms with E-state index in [1.165, 1.54) is 44.2 Å². The lowest BCUT2D eigenvalue weighted by atomic mass is 9.80. The predicted molar refractivity (Wildman–Crippen MR) is 97.6 cm³/mol. The van der Waals surface area contributed by atoms with Crippen LogP contribution < -0.4 is 0 Å². The summed E-state index contributed by atoms with van der Waals surface area (Å²) in [5.41, 5.74) is 8.31. The fraction of sp³-hybridized carbons (Fsp3) is 0.0435. The molecule has 0 saturated heterocycles. The first-order valence-corrected chi connectivity index (χ1v) is 8.10. The molecule has 0 aromatic heterocycles. The number of hydrogen-bond donors (Lipinski definition) is 0. The second kappa shape index (κ2) is 4.82. The van der Waals surface area contributed by atoms with Crippen LogP contribution in [0.2, 0.25) is 0 Å². The van der Waals surface area contributed by atoms with E-state index in [0.717, 1.165) is 6.42 Å². The van der Waals surface area contributed by atoms with Gasteiger partial charge in [-0.1, -0.05) is 84.9 Å². The van der Waals surface area contributed by atoms with E-state index in [4.69, 9.17) is 0 Å². The van der Waals surface area contributed by atoms with Crippen LogP contribution in [-0.4, -0.2) is 0 Å². The van der Waals surface area contributed by atoms with Crippen LogP contribution in [0.3, 0.4) is 0 Å². The largest absolute Gasteiger partial charge is 0.0622 e. The summed E-state index contributed by atoms with van der Waals surface area (Å²) in [5.74, 6) is 0. The molecule has 4 aromatic rings. The van der Waals surface area contributed by atoms with Crippen LogP contribution in [-0.2, 0) is 6.42 Å². The highest BCUT2D eigenvalue weighted by molar-refractivity contribution is 6.04. The third-order valence-electron chi connectivity index (χ3n) is 4.91. The van der Waals surface area contributed by atoms with Crippen molar-refractivity contribution >= 4 is 10.8 Å². The van der Waals surface area contributed by atoms with Gasteiger partial charge in [0.2, 0.25) is 0 Å². The molecule has 0 fully saturated rings. The lowest BCUT2D eigenvalue weighted by Crippen LogP contribution is -2.03. The minimum atomic E-state index is 1.01. The summed E-state index contributed by atoms with van der Waals surface area (Å²) in [5, 5.41) is 2.76. The molecule has 5 rings (SSSR count). The summed E-state index contributed by atoms with van der Waals surface area (Å²) in [6.07, 6.45) is 1.01. The predicted octanol–water partition coefficient (Wildman–Crippen LogP) is 6.08. The fourth-order valence-corrected chi connectivity index (χ4v) is 3.88. The van der Waals surface area contributed by atoms with E-state index in [1.807, 2.05) is 0 Å². The van der Waals surface area contributed by atoms with E-state index in [2.05, 4.69) is 84.9 Å². The number of benzene rings is 4. The molecule has 0 spiro atoms. The van der Waals surface area contributed by atoms with Gasteiger partial charge in [0, 0.05) is 0 Å². The van der Waals surface area contributed by atoms with Crippen molar-refractivity contribution in [2.75, 3.05) is 0 Å². The molecule has 0 heteroatoms. The molecule has 1 aliphatic rings. The SMILES string of the molecule is c1ccc(-c2ccc3cccc4c3c2Cc2ccccc2-4)cc1. The van der Waals surface area contributed by atoms with Gasteiger partial charge >= 0.3 is 0 Å². The standard InChI is InChI=1S/C23H16/c1-2-7-16(8-3-1)20-14-13-17-10-6-12-21-19-11-5-4-9-18(19)15-22(20)23(17)21/h1-14H,15H2. The van der Waals surface area contributed by atoms with Crippen molar-refractivity contribution in [1.82, 2.24) is 0 Å². The molecule has 1 aliphatic carbocycles. The van der Waals surface area contributed by atoms with Crippen LogP contribution in [0.15, 0.2) is 84.9 Å². The normalized spacial score (nSPS) is 12.2. The Morgan fingerprint density at radius 2 is 1.30 bits per heavy atom. The molecular formula is C23H16. The van der Waals surface area contributed by atoms with Gasteiger partial charge in [-0.15, -0.1) is 0 Å². The van der Waals surface area contributed by atoms with Gasteiger partial charge < -0.3 is 0 Å². The molecule has 0 bridgehead atoms. The minimum Gasteiger partial charge on any atom is -0.0622 e. The molecule has 0 amide bonds. The zero-order valence-corrected chi connectivity index (χ0v) is 12.8. The van der Waals surface area contributed by atoms with Crippen LogP contribution in [0.4, 0.5) is 0 Å². The van der Waals surface area contributed by atoms with Crippen LogP contribution >= 0.6 is 0 Å². The number of rotatable bonds is 1. The Labute approximate surface area is 136 Å². The molecule has 23 heavy (non-hydrogen) atoms. The van der Waals surface area contributed by atoms with Crippen molar-refractivity contribution in [3.63, 3.8) is 0 Å². The quantitative estimate of drug-likeness (QED) is 0.351. The summed E-state index contributed by atoms with van der Waals surface area (Å²) in [6, 6.07) is 30.8. The Bertz CT molecular complexity index is 1030. The Morgan fingerprint density at radius 3 is 2.22 bits per heavy atom. The Hall–Kier alpha value is -2.86. The molecule has 0 aliphatic heterocycles. The van der Waals surface area contributed by atoms with Crippen molar-refractivity contribution < 1.29 is 0 Å². The molecule has 0 nitrogen and oxygen atoms in total. The smallest absolute Gasteiger partial charge is 0.000706 e. The van der Waals surface area contributed by atoms with Crippen molar-refractivity contribution in [3.8, 4) is 22.3 Å². The summed E-state index contributed by atoms with van der Waals surface area (Å²) in [6.45, 7) is 0. The Morgan fingerprint density at radius 1 is 0.522 bits per heavy atom. The van der Waals surface area contributed by atoms with Gasteiger partial charge in [0.1, 0.15) is 0 Å². The lowest BCUT2D eigenvalue weighted by Gasteiger charge is -2.23. The summed E-state index contributed by atoms with van der Waals surface area (Å²) >= 11 is 0. The van der Waals surface area contributed by atoms with E-state index >= 15 is 0 Å². The molecule has 0 N–H and O–H groups in total. The Kier molecular flexibility index (Phi) is 2.65. The van der Waals surface area contributed by atoms with Gasteiger partial charge in [-0.2, -0.15) is 0 Å². The summed E-state index contributed by atoms with van der Waals surface area (Å²) in [4.78, 5) is 0. The molecule has 0 radical (unpaired) electrons. The first-order chi connectivity index (χ1) is 11.4. The van der Waals surface area contributed by atoms with Crippen molar-refractivity contribution in [2.45, 2.75) is 6.42 Å². The van der Waals surface area contributed by atoms with E-state index in [1.54, 1.807) is 0 Å². The maximum absolute atomic E-state index is 2.28.